The Labute approximate surface area is 181 Å². The quantitative estimate of drug-likeness (QED) is 0.550. The van der Waals surface area contributed by atoms with Crippen molar-refractivity contribution >= 4 is 5.97 Å². The van der Waals surface area contributed by atoms with Crippen LogP contribution < -0.4 is 0 Å². The van der Waals surface area contributed by atoms with Crippen LogP contribution in [0.4, 0.5) is 0 Å². The molecule has 2 heterocycles. The van der Waals surface area contributed by atoms with Gasteiger partial charge in [0, 0.05) is 45.2 Å². The van der Waals surface area contributed by atoms with Gasteiger partial charge in [0.2, 0.25) is 0 Å². The maximum absolute atomic E-state index is 12.8. The van der Waals surface area contributed by atoms with E-state index in [-0.39, 0.29) is 23.4 Å². The average Bonchev–Trinajstić information content (AvgIpc) is 3.02. The van der Waals surface area contributed by atoms with E-state index in [0.29, 0.717) is 5.92 Å². The second-order valence-corrected chi connectivity index (χ2v) is 10.4. The Morgan fingerprint density at radius 1 is 1.10 bits per heavy atom. The zero-order valence-corrected chi connectivity index (χ0v) is 18.6. The van der Waals surface area contributed by atoms with Gasteiger partial charge >= 0.3 is 5.97 Å². The number of rotatable bonds is 4. The van der Waals surface area contributed by atoms with Gasteiger partial charge in [-0.05, 0) is 50.0 Å². The van der Waals surface area contributed by atoms with Crippen LogP contribution in [-0.2, 0) is 16.1 Å². The first-order valence-corrected chi connectivity index (χ1v) is 11.9. The van der Waals surface area contributed by atoms with E-state index < -0.39 is 0 Å². The number of allylic oxidation sites excluding steroid dienone is 2. The van der Waals surface area contributed by atoms with Crippen LogP contribution in [-0.4, -0.2) is 54.6 Å². The van der Waals surface area contributed by atoms with E-state index in [1.54, 1.807) is 11.1 Å². The van der Waals surface area contributed by atoms with Crippen LogP contribution >= 0.6 is 0 Å². The van der Waals surface area contributed by atoms with Crippen molar-refractivity contribution in [2.24, 2.45) is 17.3 Å². The van der Waals surface area contributed by atoms with E-state index in [0.717, 1.165) is 52.1 Å². The maximum Gasteiger partial charge on any atom is 0.310 e. The number of nitrogens with zero attached hydrogens (tertiary/aromatic N) is 2. The highest BCUT2D eigenvalue weighted by molar-refractivity contribution is 5.76. The SMILES string of the molecule is CC1=C2C[C@H]3[C@@H](C[C@@]2(C)CCC1)OC(=O)[C@@H]3CN1CCN(Cc2ccccc2)CC1. The van der Waals surface area contributed by atoms with Gasteiger partial charge in [0.1, 0.15) is 6.10 Å². The molecular weight excluding hydrogens is 372 g/mol. The minimum absolute atomic E-state index is 0.0578. The van der Waals surface area contributed by atoms with Gasteiger partial charge in [-0.2, -0.15) is 0 Å². The molecule has 2 aliphatic heterocycles. The first-order chi connectivity index (χ1) is 14.5. The summed E-state index contributed by atoms with van der Waals surface area (Å²) in [4.78, 5) is 17.9. The average molecular weight is 409 g/mol. The van der Waals surface area contributed by atoms with Crippen molar-refractivity contribution in [1.82, 2.24) is 9.80 Å². The lowest BCUT2D eigenvalue weighted by Gasteiger charge is -2.46. The van der Waals surface area contributed by atoms with E-state index in [4.69, 9.17) is 4.74 Å². The molecule has 30 heavy (non-hydrogen) atoms. The van der Waals surface area contributed by atoms with Gasteiger partial charge in [0.05, 0.1) is 5.92 Å². The molecule has 0 radical (unpaired) electrons. The Kier molecular flexibility index (Phi) is 5.49. The summed E-state index contributed by atoms with van der Waals surface area (Å²) in [6.07, 6.45) is 6.05. The first kappa shape index (κ1) is 20.3. The molecule has 1 saturated carbocycles. The molecule has 0 aromatic heterocycles. The summed E-state index contributed by atoms with van der Waals surface area (Å²) in [5.41, 5.74) is 4.90. The van der Waals surface area contributed by atoms with E-state index in [1.165, 1.54) is 24.8 Å². The predicted octanol–water partition coefficient (Wildman–Crippen LogP) is 4.26. The highest BCUT2D eigenvalue weighted by Crippen LogP contribution is 2.55. The van der Waals surface area contributed by atoms with E-state index in [1.807, 2.05) is 0 Å². The number of carbonyl (C=O) groups excluding carboxylic acids is 1. The van der Waals surface area contributed by atoms with Gasteiger partial charge in [0.15, 0.2) is 0 Å². The minimum atomic E-state index is 0.0578. The minimum Gasteiger partial charge on any atom is -0.462 e. The fraction of sp³-hybridized carbons (Fsp3) is 0.654. The Balaban J connectivity index is 1.20. The van der Waals surface area contributed by atoms with Crippen LogP contribution in [0.5, 0.6) is 0 Å². The van der Waals surface area contributed by atoms with E-state index >= 15 is 0 Å². The van der Waals surface area contributed by atoms with Crippen LogP contribution in [0.2, 0.25) is 0 Å². The molecule has 4 nitrogen and oxygen atoms in total. The number of benzene rings is 1. The molecule has 3 fully saturated rings. The molecule has 5 rings (SSSR count). The lowest BCUT2D eigenvalue weighted by Crippen LogP contribution is -2.49. The van der Waals surface area contributed by atoms with Crippen molar-refractivity contribution in [2.45, 2.75) is 58.6 Å². The number of hydrogen-bond acceptors (Lipinski definition) is 4. The van der Waals surface area contributed by atoms with Crippen LogP contribution in [0.15, 0.2) is 41.5 Å². The summed E-state index contributed by atoms with van der Waals surface area (Å²) in [6, 6.07) is 10.7. The zero-order valence-electron chi connectivity index (χ0n) is 18.6. The summed E-state index contributed by atoms with van der Waals surface area (Å²) in [5.74, 6) is 0.510. The highest BCUT2D eigenvalue weighted by Gasteiger charge is 2.53. The van der Waals surface area contributed by atoms with Crippen LogP contribution in [0, 0.1) is 17.3 Å². The molecule has 0 N–H and O–H groups in total. The molecule has 0 amide bonds. The van der Waals surface area contributed by atoms with Gasteiger partial charge in [-0.15, -0.1) is 0 Å². The molecule has 4 heteroatoms. The largest absolute Gasteiger partial charge is 0.462 e. The number of ether oxygens (including phenoxy) is 1. The topological polar surface area (TPSA) is 32.8 Å². The molecule has 0 spiro atoms. The van der Waals surface area contributed by atoms with E-state index in [9.17, 15) is 4.79 Å². The van der Waals surface area contributed by atoms with Crippen molar-refractivity contribution in [1.29, 1.82) is 0 Å². The molecule has 4 aliphatic rings. The third-order valence-electron chi connectivity index (χ3n) is 8.35. The van der Waals surface area contributed by atoms with Gasteiger partial charge in [-0.1, -0.05) is 48.4 Å². The molecule has 1 aromatic rings. The zero-order chi connectivity index (χ0) is 20.7. The standard InChI is InChI=1S/C26H36N2O2/c1-19-7-6-10-26(2)16-24-21(15-23(19)26)22(25(29)30-24)18-28-13-11-27(12-14-28)17-20-8-4-3-5-9-20/h3-5,8-9,21-22,24H,6-7,10-18H2,1-2H3/t21-,22-,24-,26-/m1/s1. The van der Waals surface area contributed by atoms with Crippen LogP contribution in [0.1, 0.15) is 51.5 Å². The summed E-state index contributed by atoms with van der Waals surface area (Å²) >= 11 is 0. The molecule has 0 unspecified atom stereocenters. The number of hydrogen-bond donors (Lipinski definition) is 0. The Morgan fingerprint density at radius 2 is 1.83 bits per heavy atom. The Hall–Kier alpha value is -1.65. The van der Waals surface area contributed by atoms with E-state index in [2.05, 4.69) is 54.0 Å². The number of piperazine rings is 1. The third-order valence-corrected chi connectivity index (χ3v) is 8.35. The summed E-state index contributed by atoms with van der Waals surface area (Å²) in [6.45, 7) is 10.9. The van der Waals surface area contributed by atoms with Gasteiger partial charge in [-0.25, -0.2) is 0 Å². The lowest BCUT2D eigenvalue weighted by atomic mass is 9.59. The molecule has 2 saturated heterocycles. The maximum atomic E-state index is 12.8. The van der Waals surface area contributed by atoms with Crippen molar-refractivity contribution in [3.63, 3.8) is 0 Å². The fourth-order valence-corrected chi connectivity index (χ4v) is 6.57. The lowest BCUT2D eigenvalue weighted by molar-refractivity contribution is -0.145. The smallest absolute Gasteiger partial charge is 0.310 e. The molecule has 0 bridgehead atoms. The molecular formula is C26H36N2O2. The number of fused-ring (bicyclic) bond motifs is 2. The monoisotopic (exact) mass is 408 g/mol. The van der Waals surface area contributed by atoms with Crippen molar-refractivity contribution < 1.29 is 9.53 Å². The summed E-state index contributed by atoms with van der Waals surface area (Å²) in [5, 5.41) is 0. The van der Waals surface area contributed by atoms with Crippen LogP contribution in [0.25, 0.3) is 0 Å². The Bertz CT molecular complexity index is 812. The molecule has 162 valence electrons. The number of esters is 1. The molecule has 1 aromatic carbocycles. The second kappa shape index (κ2) is 8.12. The Morgan fingerprint density at radius 3 is 2.60 bits per heavy atom. The third kappa shape index (κ3) is 3.85. The fourth-order valence-electron chi connectivity index (χ4n) is 6.57. The van der Waals surface area contributed by atoms with Crippen LogP contribution in [0.3, 0.4) is 0 Å². The normalized spacial score (nSPS) is 35.1. The molecule has 2 aliphatic carbocycles. The summed E-state index contributed by atoms with van der Waals surface area (Å²) < 4.78 is 5.97. The summed E-state index contributed by atoms with van der Waals surface area (Å²) in [7, 11) is 0. The van der Waals surface area contributed by atoms with Crippen molar-refractivity contribution in [3.8, 4) is 0 Å². The van der Waals surface area contributed by atoms with Gasteiger partial charge in [0.25, 0.3) is 0 Å². The van der Waals surface area contributed by atoms with Gasteiger partial charge < -0.3 is 4.74 Å². The van der Waals surface area contributed by atoms with Crippen molar-refractivity contribution in [2.75, 3.05) is 32.7 Å². The van der Waals surface area contributed by atoms with Gasteiger partial charge in [-0.3, -0.25) is 14.6 Å². The predicted molar refractivity (Wildman–Crippen MR) is 119 cm³/mol. The second-order valence-electron chi connectivity index (χ2n) is 10.4. The first-order valence-electron chi connectivity index (χ1n) is 11.9. The number of carbonyl (C=O) groups is 1. The van der Waals surface area contributed by atoms with Crippen molar-refractivity contribution in [3.05, 3.63) is 47.0 Å². The highest BCUT2D eigenvalue weighted by atomic mass is 16.6. The molecule has 4 atom stereocenters.